The van der Waals surface area contributed by atoms with Crippen LogP contribution in [0.3, 0.4) is 0 Å². The Morgan fingerprint density at radius 3 is 2.30 bits per heavy atom. The van der Waals surface area contributed by atoms with E-state index < -0.39 is 47.5 Å². The van der Waals surface area contributed by atoms with Crippen LogP contribution in [0.5, 0.6) is 11.5 Å². The molecule has 1 aromatic heterocycles. The molecule has 0 saturated carbocycles. The van der Waals surface area contributed by atoms with Crippen molar-refractivity contribution in [3.8, 4) is 11.5 Å². The molecule has 4 rings (SSSR count). The molecule has 0 saturated heterocycles. The summed E-state index contributed by atoms with van der Waals surface area (Å²) in [5.41, 5.74) is -2.35. The van der Waals surface area contributed by atoms with Crippen molar-refractivity contribution in [3.63, 3.8) is 0 Å². The lowest BCUT2D eigenvalue weighted by molar-refractivity contribution is -0.141. The maximum atomic E-state index is 12.8. The minimum Gasteiger partial charge on any atom is -0.457 e. The summed E-state index contributed by atoms with van der Waals surface area (Å²) in [6, 6.07) is 10.7. The molecule has 3 aromatic rings. The van der Waals surface area contributed by atoms with E-state index in [-0.39, 0.29) is 17.1 Å². The Balaban J connectivity index is 1.69. The molecule has 0 spiro atoms. The number of pyridine rings is 1. The van der Waals surface area contributed by atoms with Gasteiger partial charge in [-0.1, -0.05) is 30.3 Å². The third-order valence-corrected chi connectivity index (χ3v) is 4.98. The first-order chi connectivity index (χ1) is 15.4. The number of rotatable bonds is 3. The van der Waals surface area contributed by atoms with Crippen LogP contribution in [0.1, 0.15) is 38.8 Å². The van der Waals surface area contributed by atoms with Crippen LogP contribution >= 0.6 is 0 Å². The lowest BCUT2D eigenvalue weighted by Crippen LogP contribution is -2.35. The number of hydrogen-bond donors (Lipinski definition) is 2. The smallest absolute Gasteiger partial charge is 0.431 e. The summed E-state index contributed by atoms with van der Waals surface area (Å²) in [6.07, 6.45) is -10.4. The number of nitrogens with one attached hydrogen (secondary N) is 2. The van der Waals surface area contributed by atoms with Gasteiger partial charge in [0.2, 0.25) is 0 Å². The van der Waals surface area contributed by atoms with Gasteiger partial charge in [0.05, 0.1) is 12.5 Å². The van der Waals surface area contributed by atoms with E-state index in [1.807, 2.05) is 0 Å². The number of halogens is 6. The molecule has 0 aliphatic carbocycles. The second-order valence-electron chi connectivity index (χ2n) is 7.32. The quantitative estimate of drug-likeness (QED) is 0.524. The van der Waals surface area contributed by atoms with Gasteiger partial charge in [-0.05, 0) is 29.8 Å². The molecule has 1 aliphatic heterocycles. The molecule has 0 radical (unpaired) electrons. The van der Waals surface area contributed by atoms with Gasteiger partial charge in [0.25, 0.3) is 11.5 Å². The Morgan fingerprint density at radius 2 is 1.64 bits per heavy atom. The average molecular weight is 468 g/mol. The predicted molar refractivity (Wildman–Crippen MR) is 104 cm³/mol. The molecule has 0 bridgehead atoms. The van der Waals surface area contributed by atoms with Gasteiger partial charge < -0.3 is 15.0 Å². The number of alkyl halides is 6. The van der Waals surface area contributed by atoms with Gasteiger partial charge in [-0.15, -0.1) is 0 Å². The molecule has 172 valence electrons. The van der Waals surface area contributed by atoms with Crippen LogP contribution in [0.2, 0.25) is 0 Å². The van der Waals surface area contributed by atoms with E-state index in [2.05, 4.69) is 5.32 Å². The number of amides is 1. The van der Waals surface area contributed by atoms with E-state index in [9.17, 15) is 35.9 Å². The number of hydrogen-bond acceptors (Lipinski definition) is 3. The van der Waals surface area contributed by atoms with Gasteiger partial charge >= 0.3 is 12.4 Å². The minimum absolute atomic E-state index is 0.0510. The molecule has 5 nitrogen and oxygen atoms in total. The Morgan fingerprint density at radius 1 is 0.939 bits per heavy atom. The SMILES string of the molecule is O=C(NC1c2ccccc2Oc2cc(CC(F)(F)F)ccc21)c1ccc(C(F)(F)F)[nH]c1=O. The third-order valence-electron chi connectivity index (χ3n) is 4.98. The monoisotopic (exact) mass is 468 g/mol. The molecule has 1 unspecified atom stereocenters. The molecular weight excluding hydrogens is 454 g/mol. The van der Waals surface area contributed by atoms with Crippen LogP contribution in [0.25, 0.3) is 0 Å². The third kappa shape index (κ3) is 4.71. The minimum atomic E-state index is -4.79. The van der Waals surface area contributed by atoms with Crippen molar-refractivity contribution >= 4 is 5.91 Å². The zero-order chi connectivity index (χ0) is 24.0. The molecular formula is C22H14F6N2O3. The maximum Gasteiger partial charge on any atom is 0.431 e. The Kier molecular flexibility index (Phi) is 5.43. The standard InChI is InChI=1S/C22H14F6N2O3/c23-21(24,25)10-11-5-6-13-16(9-11)33-15-4-2-1-3-12(15)18(13)30-20(32)14-7-8-17(22(26,27)28)29-19(14)31/h1-9,18H,10H2,(H,29,31)(H,30,32). The highest BCUT2D eigenvalue weighted by Crippen LogP contribution is 2.43. The molecule has 2 aromatic carbocycles. The highest BCUT2D eigenvalue weighted by atomic mass is 19.4. The van der Waals surface area contributed by atoms with Gasteiger partial charge in [0.15, 0.2) is 0 Å². The van der Waals surface area contributed by atoms with E-state index in [0.717, 1.165) is 6.07 Å². The zero-order valence-corrected chi connectivity index (χ0v) is 16.5. The molecule has 11 heteroatoms. The number of benzene rings is 2. The van der Waals surface area contributed by atoms with Crippen LogP contribution in [0.15, 0.2) is 59.4 Å². The van der Waals surface area contributed by atoms with Crippen molar-refractivity contribution in [2.75, 3.05) is 0 Å². The summed E-state index contributed by atoms with van der Waals surface area (Å²) in [4.78, 5) is 26.5. The Hall–Kier alpha value is -3.76. The Labute approximate surface area is 182 Å². The number of H-pyrrole nitrogens is 1. The number of aromatic amines is 1. The van der Waals surface area contributed by atoms with Crippen LogP contribution in [0, 0.1) is 0 Å². The second kappa shape index (κ2) is 7.98. The largest absolute Gasteiger partial charge is 0.457 e. The molecule has 1 amide bonds. The predicted octanol–water partition coefficient (Wildman–Crippen LogP) is 5.12. The lowest BCUT2D eigenvalue weighted by Gasteiger charge is -2.29. The van der Waals surface area contributed by atoms with Crippen molar-refractivity contribution < 1.29 is 35.9 Å². The topological polar surface area (TPSA) is 71.2 Å². The van der Waals surface area contributed by atoms with E-state index in [1.165, 1.54) is 18.2 Å². The first-order valence-electron chi connectivity index (χ1n) is 9.50. The summed E-state index contributed by atoms with van der Waals surface area (Å²) >= 11 is 0. The highest BCUT2D eigenvalue weighted by molar-refractivity contribution is 5.94. The van der Waals surface area contributed by atoms with Gasteiger partial charge in [-0.2, -0.15) is 26.3 Å². The van der Waals surface area contributed by atoms with Crippen LogP contribution in [-0.4, -0.2) is 17.1 Å². The highest BCUT2D eigenvalue weighted by Gasteiger charge is 2.34. The normalized spacial score (nSPS) is 15.3. The first-order valence-corrected chi connectivity index (χ1v) is 9.50. The van der Waals surface area contributed by atoms with Crippen LogP contribution in [-0.2, 0) is 12.6 Å². The first kappa shape index (κ1) is 22.4. The number of carbonyl (C=O) groups is 1. The van der Waals surface area contributed by atoms with E-state index in [4.69, 9.17) is 4.74 Å². The fraction of sp³-hybridized carbons (Fsp3) is 0.182. The number of ether oxygens (including phenoxy) is 1. The second-order valence-corrected chi connectivity index (χ2v) is 7.32. The van der Waals surface area contributed by atoms with Gasteiger partial charge in [-0.25, -0.2) is 0 Å². The van der Waals surface area contributed by atoms with Crippen molar-refractivity contribution in [2.45, 2.75) is 24.8 Å². The summed E-state index contributed by atoms with van der Waals surface area (Å²) in [7, 11) is 0. The fourth-order valence-electron chi connectivity index (χ4n) is 3.53. The molecule has 1 aliphatic rings. The van der Waals surface area contributed by atoms with Gasteiger partial charge in [0.1, 0.15) is 22.8 Å². The van der Waals surface area contributed by atoms with E-state index >= 15 is 0 Å². The van der Waals surface area contributed by atoms with E-state index in [0.29, 0.717) is 17.2 Å². The molecule has 1 atom stereocenters. The van der Waals surface area contributed by atoms with Crippen molar-refractivity contribution in [1.82, 2.24) is 10.3 Å². The average Bonchev–Trinajstić information content (AvgIpc) is 2.71. The van der Waals surface area contributed by atoms with Crippen LogP contribution in [0.4, 0.5) is 26.3 Å². The lowest BCUT2D eigenvalue weighted by atomic mass is 9.93. The molecule has 0 fully saturated rings. The molecule has 2 N–H and O–H groups in total. The Bertz CT molecular complexity index is 1280. The number of carbonyl (C=O) groups excluding carboxylic acids is 1. The van der Waals surface area contributed by atoms with Gasteiger partial charge in [-0.3, -0.25) is 9.59 Å². The summed E-state index contributed by atoms with van der Waals surface area (Å²) in [5.74, 6) is -0.597. The van der Waals surface area contributed by atoms with Crippen molar-refractivity contribution in [3.05, 3.63) is 92.9 Å². The van der Waals surface area contributed by atoms with Crippen molar-refractivity contribution in [2.24, 2.45) is 0 Å². The summed E-state index contributed by atoms with van der Waals surface area (Å²) in [5, 5.41) is 2.57. The fourth-order valence-corrected chi connectivity index (χ4v) is 3.53. The number of aromatic nitrogens is 1. The number of fused-ring (bicyclic) bond motifs is 2. The molecule has 33 heavy (non-hydrogen) atoms. The van der Waals surface area contributed by atoms with E-state index in [1.54, 1.807) is 29.2 Å². The summed E-state index contributed by atoms with van der Waals surface area (Å²) in [6.45, 7) is 0. The van der Waals surface area contributed by atoms with Gasteiger partial charge in [0, 0.05) is 11.1 Å². The maximum absolute atomic E-state index is 12.8. The van der Waals surface area contributed by atoms with Crippen LogP contribution < -0.4 is 15.6 Å². The zero-order valence-electron chi connectivity index (χ0n) is 16.5. The molecule has 2 heterocycles. The number of para-hydroxylation sites is 1. The summed E-state index contributed by atoms with van der Waals surface area (Å²) < 4.78 is 82.4. The van der Waals surface area contributed by atoms with Crippen molar-refractivity contribution in [1.29, 1.82) is 0 Å².